The Kier molecular flexibility index (Phi) is 12.7. The van der Waals surface area contributed by atoms with Crippen LogP contribution in [0.15, 0.2) is 0 Å². The molecule has 0 spiro atoms. The molecule has 0 saturated carbocycles. The largest absolute Gasteiger partial charge is 0.366 e. The summed E-state index contributed by atoms with van der Waals surface area (Å²) in [6, 6.07) is 0. The zero-order valence-corrected chi connectivity index (χ0v) is 18.4. The minimum absolute atomic E-state index is 0.363. The maximum atomic E-state index is 5.76. The Hall–Kier alpha value is -0.830. The number of hydrogen-bond acceptors (Lipinski definition) is 7. The van der Waals surface area contributed by atoms with Gasteiger partial charge < -0.3 is 19.9 Å². The molecule has 0 saturated heterocycles. The molecule has 158 valence electrons. The number of ether oxygens (including phenoxy) is 3. The van der Waals surface area contributed by atoms with Gasteiger partial charge in [-0.1, -0.05) is 32.1 Å². The molecule has 0 unspecified atom stereocenters. The van der Waals surface area contributed by atoms with Crippen LogP contribution in [0.3, 0.4) is 0 Å². The Balaban J connectivity index is 2.13. The van der Waals surface area contributed by atoms with Crippen molar-refractivity contribution < 1.29 is 14.2 Å². The number of nitrogen functional groups attached to an aromatic ring is 1. The van der Waals surface area contributed by atoms with Crippen molar-refractivity contribution in [3.8, 4) is 0 Å². The summed E-state index contributed by atoms with van der Waals surface area (Å²) < 4.78 is 19.1. The lowest BCUT2D eigenvalue weighted by Crippen LogP contribution is -2.39. The van der Waals surface area contributed by atoms with E-state index in [1.54, 1.807) is 0 Å². The Morgan fingerprint density at radius 2 is 1.41 bits per heavy atom. The molecule has 27 heavy (non-hydrogen) atoms. The second-order valence-corrected chi connectivity index (χ2v) is 7.11. The molecule has 0 amide bonds. The molecule has 0 fully saturated rings. The van der Waals surface area contributed by atoms with Gasteiger partial charge in [0.15, 0.2) is 0 Å². The summed E-state index contributed by atoms with van der Waals surface area (Å²) in [4.78, 5) is 4.28. The fourth-order valence-corrected chi connectivity index (χ4v) is 3.66. The van der Waals surface area contributed by atoms with Crippen molar-refractivity contribution in [2.75, 3.05) is 31.8 Å². The van der Waals surface area contributed by atoms with Gasteiger partial charge in [-0.3, -0.25) is 0 Å². The van der Waals surface area contributed by atoms with Crippen molar-refractivity contribution in [2.45, 2.75) is 84.5 Å². The van der Waals surface area contributed by atoms with E-state index in [4.69, 9.17) is 19.9 Å². The number of rotatable bonds is 17. The number of unbranched alkanes of at least 4 members (excludes halogenated alkanes) is 6. The molecule has 8 heteroatoms. The predicted octanol–water partition coefficient (Wildman–Crippen LogP) is 4.41. The highest BCUT2D eigenvalue weighted by Crippen LogP contribution is 2.24. The van der Waals surface area contributed by atoms with Crippen molar-refractivity contribution in [3.63, 3.8) is 0 Å². The molecule has 0 atom stereocenters. The fraction of sp³-hybridized carbons (Fsp3) is 0.895. The molecule has 0 aliphatic carbocycles. The summed E-state index contributed by atoms with van der Waals surface area (Å²) in [6.45, 7) is 7.70. The molecule has 0 bridgehead atoms. The average molecular weight is 403 g/mol. The van der Waals surface area contributed by atoms with Crippen LogP contribution in [-0.4, -0.2) is 46.2 Å². The lowest BCUT2D eigenvalue weighted by molar-refractivity contribution is -0.380. The van der Waals surface area contributed by atoms with Gasteiger partial charge in [-0.25, -0.2) is 0 Å². The van der Waals surface area contributed by atoms with Crippen LogP contribution in [0.4, 0.5) is 5.95 Å². The van der Waals surface area contributed by atoms with Crippen LogP contribution in [0.2, 0.25) is 0 Å². The average Bonchev–Trinajstić information content (AvgIpc) is 3.00. The molecule has 7 nitrogen and oxygen atoms in total. The smallest absolute Gasteiger partial charge is 0.282 e. The molecule has 1 aromatic rings. The van der Waals surface area contributed by atoms with E-state index in [0.29, 0.717) is 25.8 Å². The molecular formula is C19H38N4O3S. The lowest BCUT2D eigenvalue weighted by atomic mass is 10.1. The summed E-state index contributed by atoms with van der Waals surface area (Å²) in [7, 11) is 0. The minimum Gasteiger partial charge on any atom is -0.366 e. The number of hydrogen-bond donors (Lipinski definition) is 1. The fourth-order valence-electron chi connectivity index (χ4n) is 3.16. The van der Waals surface area contributed by atoms with E-state index in [2.05, 4.69) is 10.1 Å². The quantitative estimate of drug-likeness (QED) is 0.305. The van der Waals surface area contributed by atoms with E-state index in [1.807, 2.05) is 31.1 Å². The van der Waals surface area contributed by atoms with Crippen molar-refractivity contribution in [3.05, 3.63) is 5.82 Å². The highest BCUT2D eigenvalue weighted by molar-refractivity contribution is 7.97. The molecular weight excluding hydrogens is 364 g/mol. The summed E-state index contributed by atoms with van der Waals surface area (Å²) >= 11 is 1.54. The maximum Gasteiger partial charge on any atom is 0.282 e. The van der Waals surface area contributed by atoms with Crippen LogP contribution in [-0.2, 0) is 20.6 Å². The highest BCUT2D eigenvalue weighted by atomic mass is 32.2. The van der Waals surface area contributed by atoms with Crippen LogP contribution in [0, 0.1) is 0 Å². The van der Waals surface area contributed by atoms with Crippen LogP contribution in [0.1, 0.15) is 78.0 Å². The number of aromatic nitrogens is 3. The first-order valence-electron chi connectivity index (χ1n) is 10.3. The Morgan fingerprint density at radius 3 is 1.93 bits per heavy atom. The summed E-state index contributed by atoms with van der Waals surface area (Å²) in [5.41, 5.74) is 5.66. The maximum absolute atomic E-state index is 5.76. The number of nitrogens with two attached hydrogens (primary N) is 1. The first-order valence-corrected chi connectivity index (χ1v) is 11.5. The van der Waals surface area contributed by atoms with Gasteiger partial charge in [0.2, 0.25) is 5.95 Å². The van der Waals surface area contributed by atoms with Gasteiger partial charge in [0, 0.05) is 38.9 Å². The molecule has 1 rings (SSSR count). The van der Waals surface area contributed by atoms with Crippen LogP contribution < -0.4 is 5.73 Å². The van der Waals surface area contributed by atoms with Crippen molar-refractivity contribution in [1.82, 2.24) is 14.2 Å². The Labute approximate surface area is 168 Å². The number of aryl methyl sites for hydroxylation is 1. The zero-order chi connectivity index (χ0) is 20.0. The van der Waals surface area contributed by atoms with Gasteiger partial charge in [0.25, 0.3) is 5.97 Å². The molecule has 1 heterocycles. The third-order valence-corrected chi connectivity index (χ3v) is 4.95. The van der Waals surface area contributed by atoms with E-state index < -0.39 is 5.97 Å². The summed E-state index contributed by atoms with van der Waals surface area (Å²) in [5.74, 6) is 0.480. The standard InChI is InChI=1S/C19H38N4O3S/c1-5-24-19(25-6-2,26-7-3)16-14-12-10-8-9-11-13-15-17-21-18(20)22-23(17)27-4/h5-16H2,1-4H3,(H2,20,22). The van der Waals surface area contributed by atoms with Crippen LogP contribution in [0.25, 0.3) is 0 Å². The Morgan fingerprint density at radius 1 is 0.889 bits per heavy atom. The predicted molar refractivity (Wildman–Crippen MR) is 112 cm³/mol. The second-order valence-electron chi connectivity index (χ2n) is 6.40. The minimum atomic E-state index is -0.854. The van der Waals surface area contributed by atoms with E-state index in [-0.39, 0.29) is 0 Å². The zero-order valence-electron chi connectivity index (χ0n) is 17.5. The number of anilines is 1. The van der Waals surface area contributed by atoms with Gasteiger partial charge in [-0.05, 0) is 45.6 Å². The normalized spacial score (nSPS) is 12.0. The third kappa shape index (κ3) is 9.27. The first kappa shape index (κ1) is 24.2. The van der Waals surface area contributed by atoms with Crippen molar-refractivity contribution in [1.29, 1.82) is 0 Å². The second kappa shape index (κ2) is 14.2. The van der Waals surface area contributed by atoms with Crippen LogP contribution >= 0.6 is 11.9 Å². The lowest BCUT2D eigenvalue weighted by Gasteiger charge is -2.32. The molecule has 1 aromatic heterocycles. The monoisotopic (exact) mass is 402 g/mol. The van der Waals surface area contributed by atoms with Gasteiger partial charge >= 0.3 is 0 Å². The Bertz CT molecular complexity index is 482. The first-order chi connectivity index (χ1) is 13.1. The van der Waals surface area contributed by atoms with Gasteiger partial charge in [-0.2, -0.15) is 9.07 Å². The van der Waals surface area contributed by atoms with Gasteiger partial charge in [0.1, 0.15) is 5.82 Å². The third-order valence-electron chi connectivity index (χ3n) is 4.31. The van der Waals surface area contributed by atoms with Gasteiger partial charge in [0.05, 0.1) is 0 Å². The molecule has 2 N–H and O–H groups in total. The molecule has 0 aromatic carbocycles. The van der Waals surface area contributed by atoms with E-state index >= 15 is 0 Å². The highest BCUT2D eigenvalue weighted by Gasteiger charge is 2.31. The van der Waals surface area contributed by atoms with E-state index in [9.17, 15) is 0 Å². The van der Waals surface area contributed by atoms with Crippen LogP contribution in [0.5, 0.6) is 0 Å². The summed E-state index contributed by atoms with van der Waals surface area (Å²) in [6.07, 6.45) is 12.0. The van der Waals surface area contributed by atoms with Crippen molar-refractivity contribution in [2.24, 2.45) is 0 Å². The molecule has 0 aliphatic heterocycles. The SMILES string of the molecule is CCOC(CCCCCCCCCc1nc(N)nn1SC)(OCC)OCC. The van der Waals surface area contributed by atoms with Gasteiger partial charge in [-0.15, -0.1) is 5.10 Å². The molecule has 0 radical (unpaired) electrons. The molecule has 0 aliphatic rings. The van der Waals surface area contributed by atoms with Crippen molar-refractivity contribution >= 4 is 17.9 Å². The summed E-state index contributed by atoms with van der Waals surface area (Å²) in [5, 5.41) is 4.15. The topological polar surface area (TPSA) is 84.4 Å². The van der Waals surface area contributed by atoms with E-state index in [1.165, 1.54) is 44.1 Å². The van der Waals surface area contributed by atoms with E-state index in [0.717, 1.165) is 31.5 Å². The number of nitrogens with zero attached hydrogens (tertiary/aromatic N) is 3.